The summed E-state index contributed by atoms with van der Waals surface area (Å²) in [7, 11) is 0. The van der Waals surface area contributed by atoms with Gasteiger partial charge in [-0.2, -0.15) is 0 Å². The minimum atomic E-state index is 0.0882. The van der Waals surface area contributed by atoms with E-state index in [2.05, 4.69) is 33.2 Å². The number of anilines is 1. The van der Waals surface area contributed by atoms with E-state index in [4.69, 9.17) is 0 Å². The van der Waals surface area contributed by atoms with Gasteiger partial charge in [0.2, 0.25) is 5.91 Å². The summed E-state index contributed by atoms with van der Waals surface area (Å²) < 4.78 is 0. The second kappa shape index (κ2) is 6.51. The van der Waals surface area contributed by atoms with Gasteiger partial charge >= 0.3 is 0 Å². The van der Waals surface area contributed by atoms with E-state index >= 15 is 0 Å². The van der Waals surface area contributed by atoms with Crippen LogP contribution in [0.3, 0.4) is 0 Å². The van der Waals surface area contributed by atoms with Gasteiger partial charge in [0.15, 0.2) is 0 Å². The zero-order chi connectivity index (χ0) is 16.5. The van der Waals surface area contributed by atoms with Crippen molar-refractivity contribution in [3.8, 4) is 0 Å². The third-order valence-corrected chi connectivity index (χ3v) is 6.08. The lowest BCUT2D eigenvalue weighted by molar-refractivity contribution is -0.135. The highest BCUT2D eigenvalue weighted by Crippen LogP contribution is 2.28. The zero-order valence-electron chi connectivity index (χ0n) is 13.9. The first-order valence-electron chi connectivity index (χ1n) is 8.64. The fourth-order valence-corrected chi connectivity index (χ4v) is 4.51. The predicted molar refractivity (Wildman–Crippen MR) is 95.2 cm³/mol. The van der Waals surface area contributed by atoms with Crippen molar-refractivity contribution in [1.82, 2.24) is 14.9 Å². The Balaban J connectivity index is 1.42. The van der Waals surface area contributed by atoms with E-state index in [1.165, 1.54) is 10.4 Å². The van der Waals surface area contributed by atoms with Crippen LogP contribution in [0.15, 0.2) is 23.8 Å². The summed E-state index contributed by atoms with van der Waals surface area (Å²) in [5.41, 5.74) is 2.38. The van der Waals surface area contributed by atoms with Crippen LogP contribution in [0.2, 0.25) is 0 Å². The number of fused-ring (bicyclic) bond motifs is 1. The number of rotatable bonds is 3. The van der Waals surface area contributed by atoms with E-state index in [9.17, 15) is 4.79 Å². The Hall–Kier alpha value is -1.95. The molecule has 0 bridgehead atoms. The van der Waals surface area contributed by atoms with Crippen LogP contribution in [-0.2, 0) is 24.2 Å². The lowest BCUT2D eigenvalue weighted by Gasteiger charge is -2.29. The van der Waals surface area contributed by atoms with E-state index in [-0.39, 0.29) is 5.92 Å². The van der Waals surface area contributed by atoms with E-state index < -0.39 is 0 Å². The maximum Gasteiger partial charge on any atom is 0.227 e. The fourth-order valence-electron chi connectivity index (χ4n) is 3.62. The van der Waals surface area contributed by atoms with Gasteiger partial charge in [0.25, 0.3) is 0 Å². The molecule has 0 aromatic carbocycles. The fraction of sp³-hybridized carbons (Fsp3) is 0.500. The molecule has 1 amide bonds. The maximum absolute atomic E-state index is 12.9. The molecule has 2 aromatic heterocycles. The summed E-state index contributed by atoms with van der Waals surface area (Å²) in [5, 5.41) is 2.14. The standard InChI is InChI=1S/C18H22N4OS/c1-2-15-9-17(20-12-19-15)21-6-3-14(11-21)18(23)22-7-4-16-13(10-22)5-8-24-16/h5,8-9,12,14H,2-4,6-7,10-11H2,1H3. The molecule has 0 spiro atoms. The predicted octanol–water partition coefficient (Wildman–Crippen LogP) is 2.51. The van der Waals surface area contributed by atoms with Crippen LogP contribution in [-0.4, -0.2) is 40.4 Å². The van der Waals surface area contributed by atoms with Gasteiger partial charge in [-0.15, -0.1) is 11.3 Å². The number of amides is 1. The summed E-state index contributed by atoms with van der Waals surface area (Å²) in [4.78, 5) is 27.3. The first-order chi connectivity index (χ1) is 11.7. The Labute approximate surface area is 146 Å². The lowest BCUT2D eigenvalue weighted by atomic mass is 10.0. The molecular weight excluding hydrogens is 320 g/mol. The van der Waals surface area contributed by atoms with Crippen LogP contribution in [0.25, 0.3) is 0 Å². The van der Waals surface area contributed by atoms with Crippen molar-refractivity contribution < 1.29 is 4.79 Å². The molecule has 5 nitrogen and oxygen atoms in total. The Morgan fingerprint density at radius 1 is 1.38 bits per heavy atom. The van der Waals surface area contributed by atoms with Crippen molar-refractivity contribution in [3.63, 3.8) is 0 Å². The highest BCUT2D eigenvalue weighted by molar-refractivity contribution is 7.10. The summed E-state index contributed by atoms with van der Waals surface area (Å²) in [5.74, 6) is 1.35. The molecule has 1 atom stereocenters. The minimum absolute atomic E-state index is 0.0882. The molecule has 1 unspecified atom stereocenters. The highest BCUT2D eigenvalue weighted by atomic mass is 32.1. The molecule has 24 heavy (non-hydrogen) atoms. The molecule has 4 rings (SSSR count). The lowest BCUT2D eigenvalue weighted by Crippen LogP contribution is -2.40. The van der Waals surface area contributed by atoms with Crippen LogP contribution >= 0.6 is 11.3 Å². The number of carbonyl (C=O) groups is 1. The second-order valence-corrected chi connectivity index (χ2v) is 7.53. The van der Waals surface area contributed by atoms with Crippen molar-refractivity contribution >= 4 is 23.1 Å². The summed E-state index contributed by atoms with van der Waals surface area (Å²) >= 11 is 1.81. The number of hydrogen-bond acceptors (Lipinski definition) is 5. The summed E-state index contributed by atoms with van der Waals surface area (Å²) in [6, 6.07) is 4.21. The van der Waals surface area contributed by atoms with Gasteiger partial charge < -0.3 is 9.80 Å². The van der Waals surface area contributed by atoms with Gasteiger partial charge in [0.1, 0.15) is 12.1 Å². The number of thiophene rings is 1. The molecule has 2 aliphatic rings. The monoisotopic (exact) mass is 342 g/mol. The molecule has 126 valence electrons. The summed E-state index contributed by atoms with van der Waals surface area (Å²) in [6.07, 6.45) is 4.45. The van der Waals surface area contributed by atoms with E-state index in [1.54, 1.807) is 6.33 Å². The Kier molecular flexibility index (Phi) is 4.22. The molecule has 1 fully saturated rings. The van der Waals surface area contributed by atoms with Crippen LogP contribution < -0.4 is 4.90 Å². The number of nitrogens with zero attached hydrogens (tertiary/aromatic N) is 4. The van der Waals surface area contributed by atoms with Crippen molar-refractivity contribution in [3.05, 3.63) is 40.0 Å². The van der Waals surface area contributed by atoms with Crippen molar-refractivity contribution in [1.29, 1.82) is 0 Å². The molecule has 6 heteroatoms. The maximum atomic E-state index is 12.9. The first-order valence-corrected chi connectivity index (χ1v) is 9.52. The third-order valence-electron chi connectivity index (χ3n) is 5.05. The average molecular weight is 342 g/mol. The van der Waals surface area contributed by atoms with Crippen molar-refractivity contribution in [2.75, 3.05) is 24.5 Å². The first kappa shape index (κ1) is 15.6. The second-order valence-electron chi connectivity index (χ2n) is 6.53. The SMILES string of the molecule is CCc1cc(N2CCC(C(=O)N3CCc4sccc4C3)C2)ncn1. The van der Waals surface area contributed by atoms with Crippen LogP contribution in [0.5, 0.6) is 0 Å². The number of hydrogen-bond donors (Lipinski definition) is 0. The Morgan fingerprint density at radius 2 is 2.29 bits per heavy atom. The van der Waals surface area contributed by atoms with Crippen molar-refractivity contribution in [2.24, 2.45) is 5.92 Å². The number of aromatic nitrogens is 2. The number of aryl methyl sites for hydroxylation is 1. The minimum Gasteiger partial charge on any atom is -0.356 e. The van der Waals surface area contributed by atoms with E-state index in [0.29, 0.717) is 5.91 Å². The smallest absolute Gasteiger partial charge is 0.227 e. The highest BCUT2D eigenvalue weighted by Gasteiger charge is 2.33. The average Bonchev–Trinajstić information content (AvgIpc) is 3.29. The molecule has 4 heterocycles. The van der Waals surface area contributed by atoms with Crippen LogP contribution in [0.4, 0.5) is 5.82 Å². The molecule has 0 aliphatic carbocycles. The van der Waals surface area contributed by atoms with Crippen LogP contribution in [0.1, 0.15) is 29.5 Å². The number of carbonyl (C=O) groups excluding carboxylic acids is 1. The molecule has 2 aliphatic heterocycles. The quantitative estimate of drug-likeness (QED) is 0.860. The topological polar surface area (TPSA) is 49.3 Å². The Morgan fingerprint density at radius 3 is 3.17 bits per heavy atom. The molecule has 0 saturated carbocycles. The largest absolute Gasteiger partial charge is 0.356 e. The van der Waals surface area contributed by atoms with E-state index in [0.717, 1.165) is 57.0 Å². The third kappa shape index (κ3) is 2.90. The van der Waals surface area contributed by atoms with Crippen LogP contribution in [0, 0.1) is 5.92 Å². The van der Waals surface area contributed by atoms with Gasteiger partial charge in [-0.05, 0) is 36.3 Å². The zero-order valence-corrected chi connectivity index (χ0v) is 14.8. The van der Waals surface area contributed by atoms with Gasteiger partial charge in [-0.1, -0.05) is 6.92 Å². The Bertz CT molecular complexity index is 744. The molecule has 0 N–H and O–H groups in total. The molecule has 2 aromatic rings. The van der Waals surface area contributed by atoms with Gasteiger partial charge in [-0.25, -0.2) is 9.97 Å². The normalized spacial score (nSPS) is 20.3. The summed E-state index contributed by atoms with van der Waals surface area (Å²) in [6.45, 7) is 5.40. The van der Waals surface area contributed by atoms with Gasteiger partial charge in [-0.3, -0.25) is 4.79 Å². The van der Waals surface area contributed by atoms with Gasteiger partial charge in [0.05, 0.1) is 5.92 Å². The van der Waals surface area contributed by atoms with Crippen molar-refractivity contribution in [2.45, 2.75) is 32.7 Å². The molecular formula is C18H22N4OS. The van der Waals surface area contributed by atoms with Gasteiger partial charge in [0, 0.05) is 42.8 Å². The molecule has 1 saturated heterocycles. The van der Waals surface area contributed by atoms with E-state index in [1.807, 2.05) is 22.3 Å². The molecule has 0 radical (unpaired) electrons.